The van der Waals surface area contributed by atoms with Gasteiger partial charge in [0.05, 0.1) is 0 Å². The molecule has 0 saturated heterocycles. The molecule has 0 radical (unpaired) electrons. The highest BCUT2D eigenvalue weighted by Gasteiger charge is 2.23. The largest absolute Gasteiger partial charge is 0.321 e. The van der Waals surface area contributed by atoms with Gasteiger partial charge in [-0.05, 0) is 42.4 Å². The minimum Gasteiger partial charge on any atom is -0.321 e. The third kappa shape index (κ3) is 4.19. The maximum atomic E-state index is 6.51. The van der Waals surface area contributed by atoms with Gasteiger partial charge in [-0.15, -0.1) is 13.2 Å². The summed E-state index contributed by atoms with van der Waals surface area (Å²) in [5.74, 6) is 0. The summed E-state index contributed by atoms with van der Waals surface area (Å²) in [5, 5.41) is 0. The Hall–Kier alpha value is -2.12. The summed E-state index contributed by atoms with van der Waals surface area (Å²) in [5.41, 5.74) is 9.99. The van der Waals surface area contributed by atoms with E-state index in [1.807, 2.05) is 12.2 Å². The van der Waals surface area contributed by atoms with Crippen LogP contribution in [0.3, 0.4) is 0 Å². The van der Waals surface area contributed by atoms with E-state index in [0.717, 1.165) is 31.2 Å². The monoisotopic (exact) mass is 291 g/mol. The van der Waals surface area contributed by atoms with Crippen molar-refractivity contribution in [2.75, 3.05) is 0 Å². The Morgan fingerprint density at radius 1 is 0.773 bits per heavy atom. The van der Waals surface area contributed by atoms with Crippen molar-refractivity contribution < 1.29 is 0 Å². The van der Waals surface area contributed by atoms with Gasteiger partial charge in [-0.3, -0.25) is 0 Å². The van der Waals surface area contributed by atoms with Crippen LogP contribution in [-0.2, 0) is 18.4 Å². The summed E-state index contributed by atoms with van der Waals surface area (Å²) < 4.78 is 0. The van der Waals surface area contributed by atoms with Crippen molar-refractivity contribution in [1.29, 1.82) is 0 Å². The minimum absolute atomic E-state index is 0.387. The van der Waals surface area contributed by atoms with E-state index in [-0.39, 0.29) is 5.54 Å². The molecule has 0 fully saturated rings. The Bertz CT molecular complexity index is 586. The highest BCUT2D eigenvalue weighted by Crippen LogP contribution is 2.27. The van der Waals surface area contributed by atoms with E-state index >= 15 is 0 Å². The molecule has 2 aromatic rings. The molecule has 0 aliphatic rings. The molecule has 0 saturated carbocycles. The summed E-state index contributed by atoms with van der Waals surface area (Å²) in [7, 11) is 0. The van der Waals surface area contributed by atoms with E-state index < -0.39 is 0 Å². The molecule has 22 heavy (non-hydrogen) atoms. The maximum absolute atomic E-state index is 6.51. The normalized spacial score (nSPS) is 11.1. The molecule has 0 atom stereocenters. The van der Waals surface area contributed by atoms with E-state index in [4.69, 9.17) is 5.73 Å². The molecule has 0 aromatic heterocycles. The second-order valence-electron chi connectivity index (χ2n) is 5.82. The van der Waals surface area contributed by atoms with Gasteiger partial charge in [-0.1, -0.05) is 66.7 Å². The Balaban J connectivity index is 2.05. The predicted octanol–water partition coefficient (Wildman–Crippen LogP) is 4.78. The first kappa shape index (κ1) is 16.3. The number of nitrogens with two attached hydrogens (primary N) is 1. The van der Waals surface area contributed by atoms with Gasteiger partial charge in [0.15, 0.2) is 0 Å². The van der Waals surface area contributed by atoms with Crippen molar-refractivity contribution in [3.8, 4) is 0 Å². The van der Waals surface area contributed by atoms with Gasteiger partial charge in [-0.2, -0.15) is 0 Å². The molecule has 1 nitrogen and oxygen atoms in total. The Labute approximate surface area is 134 Å². The number of hydrogen-bond donors (Lipinski definition) is 1. The first-order valence-electron chi connectivity index (χ1n) is 7.82. The molecule has 0 unspecified atom stereocenters. The molecular weight excluding hydrogens is 266 g/mol. The lowest BCUT2D eigenvalue weighted by Gasteiger charge is -2.28. The standard InChI is InChI=1S/C21H25N/c1-3-16-21(22,17-4-2)20-14-12-19(13-15-20)11-10-18-8-6-5-7-9-18/h3-9,12-15H,1-2,10-11,16-17,22H2. The first-order chi connectivity index (χ1) is 10.7. The van der Waals surface area contributed by atoms with Crippen molar-refractivity contribution in [3.05, 3.63) is 96.6 Å². The highest BCUT2D eigenvalue weighted by atomic mass is 14.7. The van der Waals surface area contributed by atoms with Gasteiger partial charge < -0.3 is 5.73 Å². The van der Waals surface area contributed by atoms with Crippen molar-refractivity contribution >= 4 is 0 Å². The summed E-state index contributed by atoms with van der Waals surface area (Å²) >= 11 is 0. The van der Waals surface area contributed by atoms with Crippen LogP contribution in [0.15, 0.2) is 79.9 Å². The van der Waals surface area contributed by atoms with Crippen molar-refractivity contribution in [1.82, 2.24) is 0 Å². The van der Waals surface area contributed by atoms with Crippen molar-refractivity contribution in [3.63, 3.8) is 0 Å². The third-order valence-corrected chi connectivity index (χ3v) is 4.09. The molecule has 2 rings (SSSR count). The smallest absolute Gasteiger partial charge is 0.0479 e. The van der Waals surface area contributed by atoms with Crippen LogP contribution in [0.5, 0.6) is 0 Å². The quantitative estimate of drug-likeness (QED) is 0.696. The van der Waals surface area contributed by atoms with Crippen LogP contribution in [0, 0.1) is 0 Å². The lowest BCUT2D eigenvalue weighted by Crippen LogP contribution is -2.35. The molecule has 1 heteroatoms. The molecule has 0 aliphatic carbocycles. The summed E-state index contributed by atoms with van der Waals surface area (Å²) in [6, 6.07) is 19.2. The van der Waals surface area contributed by atoms with Crippen LogP contribution in [-0.4, -0.2) is 0 Å². The summed E-state index contributed by atoms with van der Waals surface area (Å²) in [6.07, 6.45) is 7.38. The molecule has 0 bridgehead atoms. The average molecular weight is 291 g/mol. The topological polar surface area (TPSA) is 26.0 Å². The number of aryl methyl sites for hydroxylation is 2. The Kier molecular flexibility index (Phi) is 5.74. The molecule has 0 amide bonds. The van der Waals surface area contributed by atoms with Gasteiger partial charge in [0.2, 0.25) is 0 Å². The Morgan fingerprint density at radius 2 is 1.27 bits per heavy atom. The molecule has 2 aromatic carbocycles. The van der Waals surface area contributed by atoms with Gasteiger partial charge in [0, 0.05) is 5.54 Å². The third-order valence-electron chi connectivity index (χ3n) is 4.09. The zero-order valence-corrected chi connectivity index (χ0v) is 13.2. The lowest BCUT2D eigenvalue weighted by molar-refractivity contribution is 0.456. The van der Waals surface area contributed by atoms with E-state index in [9.17, 15) is 0 Å². The molecule has 0 aliphatic heterocycles. The second kappa shape index (κ2) is 7.77. The van der Waals surface area contributed by atoms with Crippen LogP contribution < -0.4 is 5.73 Å². The zero-order valence-electron chi connectivity index (χ0n) is 13.2. The van der Waals surface area contributed by atoms with Gasteiger partial charge >= 0.3 is 0 Å². The summed E-state index contributed by atoms with van der Waals surface area (Å²) in [6.45, 7) is 7.64. The fourth-order valence-corrected chi connectivity index (χ4v) is 2.77. The number of hydrogen-bond acceptors (Lipinski definition) is 1. The maximum Gasteiger partial charge on any atom is 0.0479 e. The van der Waals surface area contributed by atoms with Crippen molar-refractivity contribution in [2.45, 2.75) is 31.2 Å². The van der Waals surface area contributed by atoms with Crippen LogP contribution in [0.1, 0.15) is 29.5 Å². The number of rotatable bonds is 8. The SMILES string of the molecule is C=CCC(N)(CC=C)c1ccc(CCc2ccccc2)cc1. The highest BCUT2D eigenvalue weighted by molar-refractivity contribution is 5.30. The van der Waals surface area contributed by atoms with Crippen LogP contribution in [0.25, 0.3) is 0 Å². The van der Waals surface area contributed by atoms with E-state index in [1.165, 1.54) is 11.1 Å². The molecule has 0 heterocycles. The molecule has 2 N–H and O–H groups in total. The number of benzene rings is 2. The van der Waals surface area contributed by atoms with Crippen molar-refractivity contribution in [2.24, 2.45) is 5.73 Å². The second-order valence-corrected chi connectivity index (χ2v) is 5.82. The minimum atomic E-state index is -0.387. The lowest BCUT2D eigenvalue weighted by atomic mass is 9.84. The van der Waals surface area contributed by atoms with E-state index in [2.05, 4.69) is 67.8 Å². The molecule has 114 valence electrons. The fraction of sp³-hybridized carbons (Fsp3) is 0.238. The average Bonchev–Trinajstić information content (AvgIpc) is 2.55. The van der Waals surface area contributed by atoms with Gasteiger partial charge in [0.25, 0.3) is 0 Å². The van der Waals surface area contributed by atoms with Crippen LogP contribution in [0.4, 0.5) is 0 Å². The van der Waals surface area contributed by atoms with E-state index in [1.54, 1.807) is 0 Å². The summed E-state index contributed by atoms with van der Waals surface area (Å²) in [4.78, 5) is 0. The molecule has 0 spiro atoms. The molecular formula is C21H25N. The van der Waals surface area contributed by atoms with Crippen LogP contribution >= 0.6 is 0 Å². The van der Waals surface area contributed by atoms with Gasteiger partial charge in [-0.25, -0.2) is 0 Å². The van der Waals surface area contributed by atoms with Gasteiger partial charge in [0.1, 0.15) is 0 Å². The predicted molar refractivity (Wildman–Crippen MR) is 95.8 cm³/mol. The fourth-order valence-electron chi connectivity index (χ4n) is 2.77. The van der Waals surface area contributed by atoms with E-state index in [0.29, 0.717) is 0 Å². The first-order valence-corrected chi connectivity index (χ1v) is 7.82. The Morgan fingerprint density at radius 3 is 1.77 bits per heavy atom. The zero-order chi connectivity index (χ0) is 15.8. The van der Waals surface area contributed by atoms with Crippen LogP contribution in [0.2, 0.25) is 0 Å².